The van der Waals surface area contributed by atoms with Crippen LogP contribution in [0.3, 0.4) is 0 Å². The highest BCUT2D eigenvalue weighted by Gasteiger charge is 2.13. The largest absolute Gasteiger partial charge is 0.489 e. The number of hydrogen-bond donors (Lipinski definition) is 2. The fraction of sp³-hybridized carbons (Fsp3) is 0.333. The quantitative estimate of drug-likeness (QED) is 0.409. The summed E-state index contributed by atoms with van der Waals surface area (Å²) in [6.07, 6.45) is 3.03. The zero-order valence-corrected chi connectivity index (χ0v) is 19.9. The van der Waals surface area contributed by atoms with Gasteiger partial charge in [-0.1, -0.05) is 30.3 Å². The van der Waals surface area contributed by atoms with Crippen LogP contribution in [-0.2, 0) is 6.61 Å². The molecule has 0 fully saturated rings. The number of rotatable bonds is 11. The van der Waals surface area contributed by atoms with E-state index in [2.05, 4.69) is 37.9 Å². The van der Waals surface area contributed by atoms with E-state index in [-0.39, 0.29) is 5.56 Å². The smallest absolute Gasteiger partial charge is 0.258 e. The zero-order chi connectivity index (χ0) is 23.8. The minimum atomic E-state index is -0.179. The first kappa shape index (κ1) is 24.3. The lowest BCUT2D eigenvalue weighted by atomic mass is 10.1. The van der Waals surface area contributed by atoms with Gasteiger partial charge in [0.1, 0.15) is 12.4 Å². The number of aromatic nitrogens is 1. The molecule has 1 aromatic heterocycles. The SMILES string of the molecule is CC(C)N(CCNc1ccc(-n2ccc(OCc3ccccc3)cc2=O)cc1C=N)C(C)C. The highest BCUT2D eigenvalue weighted by molar-refractivity contribution is 5.86. The minimum Gasteiger partial charge on any atom is -0.489 e. The van der Waals surface area contributed by atoms with Crippen molar-refractivity contribution < 1.29 is 4.74 Å². The average Bonchev–Trinajstić information content (AvgIpc) is 2.81. The van der Waals surface area contributed by atoms with Gasteiger partial charge in [0.25, 0.3) is 5.56 Å². The first-order chi connectivity index (χ1) is 15.9. The maximum absolute atomic E-state index is 12.7. The molecule has 0 saturated carbocycles. The standard InChI is InChI=1S/C27H34N4O2/c1-20(2)30(21(3)4)15-13-29-26-11-10-24(16-23(26)18-28)31-14-12-25(17-27(31)32)33-19-22-8-6-5-7-9-22/h5-12,14,16-18,20-21,28-29H,13,15,19H2,1-4H3. The summed E-state index contributed by atoms with van der Waals surface area (Å²) in [6.45, 7) is 10.9. The number of hydrogen-bond acceptors (Lipinski definition) is 5. The van der Waals surface area contributed by atoms with Gasteiger partial charge < -0.3 is 15.5 Å². The maximum atomic E-state index is 12.7. The van der Waals surface area contributed by atoms with Crippen LogP contribution in [0.2, 0.25) is 0 Å². The van der Waals surface area contributed by atoms with E-state index in [1.807, 2.05) is 48.5 Å². The van der Waals surface area contributed by atoms with Gasteiger partial charge in [-0.3, -0.25) is 14.3 Å². The molecule has 174 valence electrons. The molecule has 0 atom stereocenters. The molecule has 0 aliphatic rings. The molecule has 2 N–H and O–H groups in total. The highest BCUT2D eigenvalue weighted by Crippen LogP contribution is 2.19. The number of pyridine rings is 1. The van der Waals surface area contributed by atoms with Crippen molar-refractivity contribution in [3.05, 3.63) is 88.3 Å². The molecule has 1 heterocycles. The van der Waals surface area contributed by atoms with Crippen LogP contribution in [-0.4, -0.2) is 40.9 Å². The summed E-state index contributed by atoms with van der Waals surface area (Å²) < 4.78 is 7.32. The molecule has 6 nitrogen and oxygen atoms in total. The van der Waals surface area contributed by atoms with E-state index < -0.39 is 0 Å². The van der Waals surface area contributed by atoms with Crippen molar-refractivity contribution >= 4 is 11.9 Å². The fourth-order valence-electron chi connectivity index (χ4n) is 3.92. The predicted molar refractivity (Wildman–Crippen MR) is 136 cm³/mol. The molecule has 0 bridgehead atoms. The van der Waals surface area contributed by atoms with Gasteiger partial charge in [0.15, 0.2) is 0 Å². The lowest BCUT2D eigenvalue weighted by Crippen LogP contribution is -2.40. The Labute approximate surface area is 196 Å². The second kappa shape index (κ2) is 11.5. The normalized spacial score (nSPS) is 11.2. The summed E-state index contributed by atoms with van der Waals surface area (Å²) >= 11 is 0. The predicted octanol–water partition coefficient (Wildman–Crippen LogP) is 4.94. The maximum Gasteiger partial charge on any atom is 0.258 e. The lowest BCUT2D eigenvalue weighted by molar-refractivity contribution is 0.182. The van der Waals surface area contributed by atoms with E-state index in [1.54, 1.807) is 16.8 Å². The summed E-state index contributed by atoms with van der Waals surface area (Å²) in [5, 5.41) is 11.3. The fourth-order valence-corrected chi connectivity index (χ4v) is 3.92. The van der Waals surface area contributed by atoms with Crippen molar-refractivity contribution in [2.24, 2.45) is 0 Å². The third-order valence-electron chi connectivity index (χ3n) is 5.62. The Morgan fingerprint density at radius 2 is 1.76 bits per heavy atom. The van der Waals surface area contributed by atoms with Crippen LogP contribution in [0.15, 0.2) is 71.7 Å². The van der Waals surface area contributed by atoms with Crippen LogP contribution in [0.4, 0.5) is 5.69 Å². The van der Waals surface area contributed by atoms with Crippen LogP contribution in [0.1, 0.15) is 38.8 Å². The minimum absolute atomic E-state index is 0.179. The topological polar surface area (TPSA) is 70.3 Å². The number of anilines is 1. The second-order valence-electron chi connectivity index (χ2n) is 8.61. The van der Waals surface area contributed by atoms with Crippen molar-refractivity contribution in [1.82, 2.24) is 9.47 Å². The number of ether oxygens (including phenoxy) is 1. The van der Waals surface area contributed by atoms with E-state index in [0.717, 1.165) is 29.9 Å². The molecular weight excluding hydrogens is 412 g/mol. The van der Waals surface area contributed by atoms with Crippen LogP contribution < -0.4 is 15.6 Å². The molecule has 0 aliphatic heterocycles. The van der Waals surface area contributed by atoms with Crippen LogP contribution in [0.25, 0.3) is 5.69 Å². The highest BCUT2D eigenvalue weighted by atomic mass is 16.5. The van der Waals surface area contributed by atoms with Gasteiger partial charge in [-0.25, -0.2) is 0 Å². The van der Waals surface area contributed by atoms with Gasteiger partial charge in [-0.05, 0) is 57.5 Å². The summed E-state index contributed by atoms with van der Waals surface area (Å²) in [5.74, 6) is 0.533. The van der Waals surface area contributed by atoms with Crippen LogP contribution in [0, 0.1) is 5.41 Å². The molecule has 6 heteroatoms. The number of nitrogens with one attached hydrogen (secondary N) is 2. The van der Waals surface area contributed by atoms with Crippen LogP contribution in [0.5, 0.6) is 5.75 Å². The summed E-state index contributed by atoms with van der Waals surface area (Å²) in [6, 6.07) is 19.7. The molecule has 0 amide bonds. The van der Waals surface area contributed by atoms with Crippen molar-refractivity contribution in [3.63, 3.8) is 0 Å². The van der Waals surface area contributed by atoms with E-state index in [4.69, 9.17) is 10.1 Å². The molecule has 0 unspecified atom stereocenters. The Hall–Kier alpha value is -3.38. The summed E-state index contributed by atoms with van der Waals surface area (Å²) in [5.41, 5.74) is 3.21. The van der Waals surface area contributed by atoms with E-state index in [0.29, 0.717) is 30.1 Å². The van der Waals surface area contributed by atoms with E-state index in [1.165, 1.54) is 12.3 Å². The Bertz CT molecular complexity index is 1100. The summed E-state index contributed by atoms with van der Waals surface area (Å²) in [7, 11) is 0. The second-order valence-corrected chi connectivity index (χ2v) is 8.61. The van der Waals surface area contributed by atoms with E-state index in [9.17, 15) is 4.79 Å². The molecule has 3 rings (SSSR count). The molecule has 0 aliphatic carbocycles. The monoisotopic (exact) mass is 446 g/mol. The Kier molecular flexibility index (Phi) is 8.44. The molecule has 0 spiro atoms. The number of benzene rings is 2. The zero-order valence-electron chi connectivity index (χ0n) is 19.9. The lowest BCUT2D eigenvalue weighted by Gasteiger charge is -2.30. The molecule has 0 saturated heterocycles. The Morgan fingerprint density at radius 1 is 1.03 bits per heavy atom. The summed E-state index contributed by atoms with van der Waals surface area (Å²) in [4.78, 5) is 15.1. The van der Waals surface area contributed by atoms with E-state index >= 15 is 0 Å². The van der Waals surface area contributed by atoms with Crippen molar-refractivity contribution in [1.29, 1.82) is 5.41 Å². The molecule has 0 radical (unpaired) electrons. The van der Waals surface area contributed by atoms with Gasteiger partial charge >= 0.3 is 0 Å². The Morgan fingerprint density at radius 3 is 2.39 bits per heavy atom. The molecule has 3 aromatic rings. The number of nitrogens with zero attached hydrogens (tertiary/aromatic N) is 2. The van der Waals surface area contributed by atoms with Crippen molar-refractivity contribution in [3.8, 4) is 11.4 Å². The first-order valence-corrected chi connectivity index (χ1v) is 11.4. The van der Waals surface area contributed by atoms with Gasteiger partial charge in [0.2, 0.25) is 0 Å². The average molecular weight is 447 g/mol. The third kappa shape index (κ3) is 6.56. The van der Waals surface area contributed by atoms with Gasteiger partial charge in [0, 0.05) is 60.6 Å². The first-order valence-electron chi connectivity index (χ1n) is 11.4. The van der Waals surface area contributed by atoms with Crippen LogP contribution >= 0.6 is 0 Å². The van der Waals surface area contributed by atoms with Crippen molar-refractivity contribution in [2.45, 2.75) is 46.4 Å². The molecule has 33 heavy (non-hydrogen) atoms. The van der Waals surface area contributed by atoms with Gasteiger partial charge in [-0.15, -0.1) is 0 Å². The molecule has 2 aromatic carbocycles. The third-order valence-corrected chi connectivity index (χ3v) is 5.62. The van der Waals surface area contributed by atoms with Crippen molar-refractivity contribution in [2.75, 3.05) is 18.4 Å². The van der Waals surface area contributed by atoms with Gasteiger partial charge in [0.05, 0.1) is 0 Å². The Balaban J connectivity index is 1.69. The van der Waals surface area contributed by atoms with Gasteiger partial charge in [-0.2, -0.15) is 0 Å². The molecular formula is C27H34N4O2.